The second-order valence-corrected chi connectivity index (χ2v) is 6.34. The largest absolute Gasteiger partial charge is 0.393 e. The highest BCUT2D eigenvalue weighted by Gasteiger charge is 2.25. The lowest BCUT2D eigenvalue weighted by Gasteiger charge is -2.33. The van der Waals surface area contributed by atoms with Gasteiger partial charge in [0.2, 0.25) is 0 Å². The van der Waals surface area contributed by atoms with E-state index in [9.17, 15) is 9.90 Å². The number of aliphatic hydroxyl groups is 1. The lowest BCUT2D eigenvalue weighted by Crippen LogP contribution is -2.38. The van der Waals surface area contributed by atoms with E-state index in [2.05, 4.69) is 4.90 Å². The second kappa shape index (κ2) is 5.96. The molecule has 1 heterocycles. The van der Waals surface area contributed by atoms with Crippen LogP contribution in [0.1, 0.15) is 47.0 Å². The lowest BCUT2D eigenvalue weighted by molar-refractivity contribution is -0.126. The third kappa shape index (κ3) is 4.76. The van der Waals surface area contributed by atoms with Crippen LogP contribution in [0.5, 0.6) is 0 Å². The first kappa shape index (κ1) is 14.7. The Kier molecular flexibility index (Phi) is 5.14. The van der Waals surface area contributed by atoms with Crippen LogP contribution in [-0.4, -0.2) is 41.5 Å². The van der Waals surface area contributed by atoms with E-state index < -0.39 is 0 Å². The summed E-state index contributed by atoms with van der Waals surface area (Å²) in [4.78, 5) is 14.2. The maximum absolute atomic E-state index is 11.8. The van der Waals surface area contributed by atoms with Gasteiger partial charge in [-0.05, 0) is 38.8 Å². The number of carbonyl (C=O) groups is 1. The molecule has 1 aliphatic rings. The molecule has 0 aromatic rings. The smallest absolute Gasteiger partial charge is 0.139 e. The van der Waals surface area contributed by atoms with Crippen LogP contribution in [0, 0.1) is 11.3 Å². The van der Waals surface area contributed by atoms with E-state index >= 15 is 0 Å². The van der Waals surface area contributed by atoms with Crippen LogP contribution in [0.15, 0.2) is 0 Å². The van der Waals surface area contributed by atoms with Crippen molar-refractivity contribution in [2.45, 2.75) is 53.1 Å². The summed E-state index contributed by atoms with van der Waals surface area (Å²) in [6, 6.07) is 0. The number of nitrogens with zero attached hydrogens (tertiary/aromatic N) is 1. The van der Waals surface area contributed by atoms with Crippen LogP contribution >= 0.6 is 0 Å². The van der Waals surface area contributed by atoms with Crippen LogP contribution in [-0.2, 0) is 4.79 Å². The number of Topliss-reactive ketones (excluding diaryl/α,β-unsaturated/α-hetero) is 1. The minimum atomic E-state index is -0.210. The van der Waals surface area contributed by atoms with Gasteiger partial charge in [0.1, 0.15) is 5.78 Å². The molecule has 100 valence electrons. The minimum Gasteiger partial charge on any atom is -0.393 e. The normalized spacial score (nSPS) is 21.5. The molecule has 0 amide bonds. The maximum atomic E-state index is 11.8. The van der Waals surface area contributed by atoms with Crippen LogP contribution in [0.4, 0.5) is 0 Å². The third-order valence-electron chi connectivity index (χ3n) is 3.81. The first-order valence-electron chi connectivity index (χ1n) is 6.74. The number of likely N-dealkylation sites (tertiary alicyclic amines) is 1. The van der Waals surface area contributed by atoms with Gasteiger partial charge in [-0.2, -0.15) is 0 Å². The number of ketones is 1. The van der Waals surface area contributed by atoms with Crippen molar-refractivity contribution in [2.24, 2.45) is 11.3 Å². The van der Waals surface area contributed by atoms with E-state index in [1.807, 2.05) is 27.7 Å². The van der Waals surface area contributed by atoms with Gasteiger partial charge >= 0.3 is 0 Å². The highest BCUT2D eigenvalue weighted by atomic mass is 16.3. The summed E-state index contributed by atoms with van der Waals surface area (Å²) in [6.07, 6.45) is 2.58. The predicted octanol–water partition coefficient (Wildman–Crippen LogP) is 2.08. The zero-order valence-electron chi connectivity index (χ0n) is 11.7. The van der Waals surface area contributed by atoms with Crippen molar-refractivity contribution in [3.8, 4) is 0 Å². The average Bonchev–Trinajstić information content (AvgIpc) is 2.25. The lowest BCUT2D eigenvalue weighted by atomic mass is 9.88. The van der Waals surface area contributed by atoms with E-state index in [4.69, 9.17) is 0 Å². The van der Waals surface area contributed by atoms with Crippen molar-refractivity contribution in [1.29, 1.82) is 0 Å². The number of rotatable bonds is 4. The van der Waals surface area contributed by atoms with E-state index in [0.29, 0.717) is 18.1 Å². The van der Waals surface area contributed by atoms with E-state index in [0.717, 1.165) is 32.5 Å². The third-order valence-corrected chi connectivity index (χ3v) is 3.81. The summed E-state index contributed by atoms with van der Waals surface area (Å²) < 4.78 is 0. The average molecular weight is 241 g/mol. The molecule has 1 atom stereocenters. The van der Waals surface area contributed by atoms with Gasteiger partial charge in [-0.3, -0.25) is 4.79 Å². The quantitative estimate of drug-likeness (QED) is 0.819. The predicted molar refractivity (Wildman–Crippen MR) is 69.9 cm³/mol. The highest BCUT2D eigenvalue weighted by molar-refractivity contribution is 5.83. The number of hydrogen-bond donors (Lipinski definition) is 1. The van der Waals surface area contributed by atoms with Gasteiger partial charge in [0.05, 0.1) is 6.10 Å². The molecular formula is C14H27NO2. The van der Waals surface area contributed by atoms with Crippen LogP contribution in [0.2, 0.25) is 0 Å². The molecule has 0 bridgehead atoms. The molecule has 0 aromatic carbocycles. The molecule has 1 unspecified atom stereocenters. The summed E-state index contributed by atoms with van der Waals surface area (Å²) in [7, 11) is 0. The Labute approximate surface area is 105 Å². The van der Waals surface area contributed by atoms with Crippen LogP contribution in [0.25, 0.3) is 0 Å². The molecule has 1 rings (SSSR count). The number of aliphatic hydroxyl groups excluding tert-OH is 1. The Morgan fingerprint density at radius 2 is 1.88 bits per heavy atom. The molecule has 1 saturated heterocycles. The summed E-state index contributed by atoms with van der Waals surface area (Å²) in [5.74, 6) is 0.791. The van der Waals surface area contributed by atoms with Crippen molar-refractivity contribution in [1.82, 2.24) is 4.90 Å². The number of carbonyl (C=O) groups excluding carboxylic acids is 1. The van der Waals surface area contributed by atoms with Gasteiger partial charge in [0.15, 0.2) is 0 Å². The molecule has 0 aromatic heterocycles. The molecule has 0 saturated carbocycles. The van der Waals surface area contributed by atoms with Gasteiger partial charge in [-0.25, -0.2) is 0 Å². The summed E-state index contributed by atoms with van der Waals surface area (Å²) in [5, 5.41) is 9.52. The molecular weight excluding hydrogens is 214 g/mol. The van der Waals surface area contributed by atoms with Crippen LogP contribution < -0.4 is 0 Å². The summed E-state index contributed by atoms with van der Waals surface area (Å²) in [6.45, 7) is 10.7. The summed E-state index contributed by atoms with van der Waals surface area (Å²) in [5.41, 5.74) is -0.210. The van der Waals surface area contributed by atoms with Crippen molar-refractivity contribution in [3.05, 3.63) is 0 Å². The Balaban J connectivity index is 2.25. The van der Waals surface area contributed by atoms with Crippen LogP contribution in [0.3, 0.4) is 0 Å². The monoisotopic (exact) mass is 241 g/mol. The molecule has 0 radical (unpaired) electrons. The molecule has 3 heteroatoms. The van der Waals surface area contributed by atoms with Gasteiger partial charge in [-0.15, -0.1) is 0 Å². The molecule has 0 aliphatic carbocycles. The van der Waals surface area contributed by atoms with Crippen molar-refractivity contribution in [2.75, 3.05) is 19.6 Å². The maximum Gasteiger partial charge on any atom is 0.139 e. The Morgan fingerprint density at radius 3 is 2.29 bits per heavy atom. The summed E-state index contributed by atoms with van der Waals surface area (Å²) >= 11 is 0. The van der Waals surface area contributed by atoms with E-state index in [1.54, 1.807) is 0 Å². The SMILES string of the molecule is CC(O)C1CCN(CCC(=O)C(C)(C)C)CC1. The minimum absolute atomic E-state index is 0.187. The van der Waals surface area contributed by atoms with Crippen molar-refractivity contribution >= 4 is 5.78 Å². The fourth-order valence-corrected chi connectivity index (χ4v) is 2.29. The first-order chi connectivity index (χ1) is 7.80. The second-order valence-electron chi connectivity index (χ2n) is 6.34. The van der Waals surface area contributed by atoms with Crippen molar-refractivity contribution < 1.29 is 9.90 Å². The van der Waals surface area contributed by atoms with E-state index in [-0.39, 0.29) is 11.5 Å². The van der Waals surface area contributed by atoms with Gasteiger partial charge in [0.25, 0.3) is 0 Å². The first-order valence-corrected chi connectivity index (χ1v) is 6.74. The molecule has 3 nitrogen and oxygen atoms in total. The fourth-order valence-electron chi connectivity index (χ4n) is 2.29. The van der Waals surface area contributed by atoms with E-state index in [1.165, 1.54) is 0 Å². The molecule has 1 N–H and O–H groups in total. The topological polar surface area (TPSA) is 40.5 Å². The Hall–Kier alpha value is -0.410. The zero-order valence-corrected chi connectivity index (χ0v) is 11.7. The zero-order chi connectivity index (χ0) is 13.1. The van der Waals surface area contributed by atoms with Gasteiger partial charge < -0.3 is 10.0 Å². The molecule has 0 spiro atoms. The highest BCUT2D eigenvalue weighted by Crippen LogP contribution is 2.22. The fraction of sp³-hybridized carbons (Fsp3) is 0.929. The molecule has 1 fully saturated rings. The Morgan fingerprint density at radius 1 is 1.35 bits per heavy atom. The molecule has 17 heavy (non-hydrogen) atoms. The number of hydrogen-bond acceptors (Lipinski definition) is 3. The van der Waals surface area contributed by atoms with Crippen molar-refractivity contribution in [3.63, 3.8) is 0 Å². The van der Waals surface area contributed by atoms with Gasteiger partial charge in [-0.1, -0.05) is 20.8 Å². The number of piperidine rings is 1. The standard InChI is InChI=1S/C14H27NO2/c1-11(16)12-5-8-15(9-6-12)10-7-13(17)14(2,3)4/h11-12,16H,5-10H2,1-4H3. The molecule has 1 aliphatic heterocycles. The Bertz CT molecular complexity index is 247. The van der Waals surface area contributed by atoms with Gasteiger partial charge in [0, 0.05) is 18.4 Å².